The molecule has 1 heterocycles. The number of carbonyl (C=O) groups is 2. The molecule has 0 aromatic heterocycles. The van der Waals surface area contributed by atoms with E-state index in [4.69, 9.17) is 9.47 Å². The Morgan fingerprint density at radius 3 is 2.44 bits per heavy atom. The van der Waals surface area contributed by atoms with Crippen molar-refractivity contribution in [2.24, 2.45) is 0 Å². The standard InChI is InChI=1S/C26H32N2O4/c1-31-23-14-13-18(15-24(23)32-2)22(16-25(29)27-20-10-5-3-4-6-11-20)28-17-19-9-7-8-12-21(19)26(28)30/h7-9,12-15,20,22H,3-6,10-11,16-17H2,1-2H3,(H,27,29). The largest absolute Gasteiger partial charge is 0.493 e. The van der Waals surface area contributed by atoms with Crippen LogP contribution in [0.2, 0.25) is 0 Å². The monoisotopic (exact) mass is 436 g/mol. The summed E-state index contributed by atoms with van der Waals surface area (Å²) in [6.07, 6.45) is 7.06. The zero-order chi connectivity index (χ0) is 22.5. The van der Waals surface area contributed by atoms with E-state index in [1.54, 1.807) is 19.1 Å². The first-order valence-corrected chi connectivity index (χ1v) is 11.5. The Kier molecular flexibility index (Phi) is 6.98. The molecule has 0 bridgehead atoms. The van der Waals surface area contributed by atoms with E-state index >= 15 is 0 Å². The summed E-state index contributed by atoms with van der Waals surface area (Å²) in [6, 6.07) is 13.1. The van der Waals surface area contributed by atoms with Crippen molar-refractivity contribution in [3.05, 3.63) is 59.2 Å². The second-order valence-electron chi connectivity index (χ2n) is 8.68. The van der Waals surface area contributed by atoms with Gasteiger partial charge in [0.25, 0.3) is 5.91 Å². The number of hydrogen-bond donors (Lipinski definition) is 1. The minimum absolute atomic E-state index is 0.0135. The lowest BCUT2D eigenvalue weighted by Crippen LogP contribution is -2.38. The van der Waals surface area contributed by atoms with E-state index in [0.717, 1.165) is 36.8 Å². The Bertz CT molecular complexity index is 966. The number of benzene rings is 2. The fraction of sp³-hybridized carbons (Fsp3) is 0.462. The first-order valence-electron chi connectivity index (χ1n) is 11.5. The predicted octanol–water partition coefficient (Wildman–Crippen LogP) is 4.63. The van der Waals surface area contributed by atoms with Gasteiger partial charge in [0.2, 0.25) is 5.91 Å². The molecule has 2 aromatic rings. The highest BCUT2D eigenvalue weighted by molar-refractivity contribution is 5.98. The van der Waals surface area contributed by atoms with Gasteiger partial charge in [-0.1, -0.05) is 49.9 Å². The lowest BCUT2D eigenvalue weighted by Gasteiger charge is -2.29. The smallest absolute Gasteiger partial charge is 0.255 e. The van der Waals surface area contributed by atoms with Gasteiger partial charge in [-0.25, -0.2) is 0 Å². The molecule has 2 aromatic carbocycles. The average Bonchev–Trinajstić information content (AvgIpc) is 2.97. The highest BCUT2D eigenvalue weighted by Crippen LogP contribution is 2.37. The quantitative estimate of drug-likeness (QED) is 0.643. The van der Waals surface area contributed by atoms with Gasteiger partial charge in [0, 0.05) is 18.2 Å². The average molecular weight is 437 g/mol. The Morgan fingerprint density at radius 1 is 1.03 bits per heavy atom. The topological polar surface area (TPSA) is 67.9 Å². The number of carbonyl (C=O) groups excluding carboxylic acids is 2. The van der Waals surface area contributed by atoms with Gasteiger partial charge in [-0.3, -0.25) is 9.59 Å². The zero-order valence-corrected chi connectivity index (χ0v) is 18.9. The first kappa shape index (κ1) is 22.2. The van der Waals surface area contributed by atoms with Crippen molar-refractivity contribution in [1.82, 2.24) is 10.2 Å². The second-order valence-corrected chi connectivity index (χ2v) is 8.68. The van der Waals surface area contributed by atoms with Gasteiger partial charge < -0.3 is 19.7 Å². The fourth-order valence-corrected chi connectivity index (χ4v) is 4.88. The molecule has 32 heavy (non-hydrogen) atoms. The molecule has 1 N–H and O–H groups in total. The molecule has 4 rings (SSSR count). The van der Waals surface area contributed by atoms with Crippen LogP contribution in [-0.2, 0) is 11.3 Å². The van der Waals surface area contributed by atoms with Crippen LogP contribution in [0.15, 0.2) is 42.5 Å². The van der Waals surface area contributed by atoms with E-state index in [2.05, 4.69) is 5.32 Å². The van der Waals surface area contributed by atoms with Crippen LogP contribution in [0.1, 0.15) is 72.5 Å². The summed E-state index contributed by atoms with van der Waals surface area (Å²) in [5.41, 5.74) is 2.56. The SMILES string of the molecule is COc1ccc(C(CC(=O)NC2CCCCCC2)N2Cc3ccccc3C2=O)cc1OC. The van der Waals surface area contributed by atoms with Gasteiger partial charge >= 0.3 is 0 Å². The maximum atomic E-state index is 13.2. The molecule has 0 spiro atoms. The number of nitrogens with one attached hydrogen (secondary N) is 1. The number of nitrogens with zero attached hydrogens (tertiary/aromatic N) is 1. The van der Waals surface area contributed by atoms with Crippen molar-refractivity contribution in [2.75, 3.05) is 14.2 Å². The third-order valence-electron chi connectivity index (χ3n) is 6.62. The van der Waals surface area contributed by atoms with Crippen LogP contribution in [0.25, 0.3) is 0 Å². The lowest BCUT2D eigenvalue weighted by atomic mass is 10.00. The summed E-state index contributed by atoms with van der Waals surface area (Å²) < 4.78 is 10.9. The van der Waals surface area contributed by atoms with Crippen molar-refractivity contribution in [1.29, 1.82) is 0 Å². The van der Waals surface area contributed by atoms with E-state index in [-0.39, 0.29) is 30.3 Å². The summed E-state index contributed by atoms with van der Waals surface area (Å²) in [4.78, 5) is 28.2. The van der Waals surface area contributed by atoms with E-state index in [1.807, 2.05) is 42.5 Å². The molecular weight excluding hydrogens is 404 g/mol. The number of ether oxygens (including phenoxy) is 2. The third-order valence-corrected chi connectivity index (χ3v) is 6.62. The van der Waals surface area contributed by atoms with E-state index in [9.17, 15) is 9.59 Å². The van der Waals surface area contributed by atoms with Crippen LogP contribution in [-0.4, -0.2) is 37.0 Å². The zero-order valence-electron chi connectivity index (χ0n) is 18.9. The third kappa shape index (κ3) is 4.74. The fourth-order valence-electron chi connectivity index (χ4n) is 4.88. The Labute approximate surface area is 189 Å². The van der Waals surface area contributed by atoms with Crippen LogP contribution >= 0.6 is 0 Å². The summed E-state index contributed by atoms with van der Waals surface area (Å²) in [5.74, 6) is 1.15. The van der Waals surface area contributed by atoms with Crippen LogP contribution < -0.4 is 14.8 Å². The Hall–Kier alpha value is -3.02. The summed E-state index contributed by atoms with van der Waals surface area (Å²) in [5, 5.41) is 3.24. The van der Waals surface area contributed by atoms with Crippen molar-refractivity contribution >= 4 is 11.8 Å². The molecule has 6 nitrogen and oxygen atoms in total. The number of methoxy groups -OCH3 is 2. The van der Waals surface area contributed by atoms with Crippen LogP contribution in [0, 0.1) is 0 Å². The molecule has 2 aliphatic rings. The number of hydrogen-bond acceptors (Lipinski definition) is 4. The molecule has 170 valence electrons. The normalized spacial score (nSPS) is 17.4. The van der Waals surface area contributed by atoms with Crippen LogP contribution in [0.3, 0.4) is 0 Å². The Balaban J connectivity index is 1.60. The van der Waals surface area contributed by atoms with E-state index < -0.39 is 0 Å². The van der Waals surface area contributed by atoms with Gasteiger partial charge in [-0.05, 0) is 42.2 Å². The molecule has 1 unspecified atom stereocenters. The van der Waals surface area contributed by atoms with Gasteiger partial charge in [0.15, 0.2) is 11.5 Å². The summed E-state index contributed by atoms with van der Waals surface area (Å²) in [7, 11) is 3.18. The van der Waals surface area contributed by atoms with E-state index in [0.29, 0.717) is 23.6 Å². The maximum absolute atomic E-state index is 13.2. The Morgan fingerprint density at radius 2 is 1.75 bits per heavy atom. The molecule has 1 aliphatic heterocycles. The molecule has 1 saturated carbocycles. The van der Waals surface area contributed by atoms with Gasteiger partial charge in [-0.2, -0.15) is 0 Å². The first-order chi connectivity index (χ1) is 15.6. The number of fused-ring (bicyclic) bond motifs is 1. The molecular formula is C26H32N2O4. The van der Waals surface area contributed by atoms with Crippen LogP contribution in [0.5, 0.6) is 11.5 Å². The van der Waals surface area contributed by atoms with Crippen LogP contribution in [0.4, 0.5) is 0 Å². The van der Waals surface area contributed by atoms with E-state index in [1.165, 1.54) is 12.8 Å². The molecule has 1 atom stereocenters. The van der Waals surface area contributed by atoms with Crippen molar-refractivity contribution in [3.8, 4) is 11.5 Å². The highest BCUT2D eigenvalue weighted by atomic mass is 16.5. The van der Waals surface area contributed by atoms with Gasteiger partial charge in [0.05, 0.1) is 26.7 Å². The highest BCUT2D eigenvalue weighted by Gasteiger charge is 2.35. The molecule has 0 radical (unpaired) electrons. The number of rotatable bonds is 7. The minimum Gasteiger partial charge on any atom is -0.493 e. The van der Waals surface area contributed by atoms with Crippen molar-refractivity contribution in [2.45, 2.75) is 63.6 Å². The van der Waals surface area contributed by atoms with Gasteiger partial charge in [0.1, 0.15) is 0 Å². The van der Waals surface area contributed by atoms with Crippen molar-refractivity contribution < 1.29 is 19.1 Å². The lowest BCUT2D eigenvalue weighted by molar-refractivity contribution is -0.123. The predicted molar refractivity (Wildman–Crippen MR) is 123 cm³/mol. The molecule has 2 amide bonds. The van der Waals surface area contributed by atoms with Gasteiger partial charge in [-0.15, -0.1) is 0 Å². The maximum Gasteiger partial charge on any atom is 0.255 e. The van der Waals surface area contributed by atoms with Crippen molar-refractivity contribution in [3.63, 3.8) is 0 Å². The molecule has 1 aliphatic carbocycles. The number of amides is 2. The molecule has 0 saturated heterocycles. The minimum atomic E-state index is -0.388. The molecule has 6 heteroatoms. The molecule has 1 fully saturated rings. The summed E-state index contributed by atoms with van der Waals surface area (Å²) >= 11 is 0. The summed E-state index contributed by atoms with van der Waals surface area (Å²) in [6.45, 7) is 0.491. The second kappa shape index (κ2) is 10.1.